The summed E-state index contributed by atoms with van der Waals surface area (Å²) in [6, 6.07) is 2.21. The Morgan fingerprint density at radius 1 is 1.16 bits per heavy atom. The minimum absolute atomic E-state index is 0.0824. The highest BCUT2D eigenvalue weighted by molar-refractivity contribution is 5.53. The van der Waals surface area contributed by atoms with Gasteiger partial charge in [-0.25, -0.2) is 8.78 Å². The van der Waals surface area contributed by atoms with Crippen LogP contribution in [0.5, 0.6) is 0 Å². The fraction of sp³-hybridized carbons (Fsp3) is 0.571. The van der Waals surface area contributed by atoms with Crippen LogP contribution in [0.2, 0.25) is 0 Å². The summed E-state index contributed by atoms with van der Waals surface area (Å²) in [6.45, 7) is 0.835. The summed E-state index contributed by atoms with van der Waals surface area (Å²) in [5, 5.41) is 2.72. The largest absolute Gasteiger partial charge is 0.399 e. The second kappa shape index (κ2) is 6.70. The van der Waals surface area contributed by atoms with E-state index in [-0.39, 0.29) is 11.4 Å². The van der Waals surface area contributed by atoms with E-state index in [0.717, 1.165) is 25.0 Å². The quantitative estimate of drug-likeness (QED) is 0.637. The highest BCUT2D eigenvalue weighted by Gasteiger charge is 2.14. The zero-order valence-electron chi connectivity index (χ0n) is 10.9. The second-order valence-electron chi connectivity index (χ2n) is 4.92. The summed E-state index contributed by atoms with van der Waals surface area (Å²) < 4.78 is 32.6. The van der Waals surface area contributed by atoms with Crippen molar-refractivity contribution in [1.29, 1.82) is 0 Å². The Balaban J connectivity index is 1.76. The lowest BCUT2D eigenvalue weighted by atomic mass is 9.98. The van der Waals surface area contributed by atoms with Crippen molar-refractivity contribution in [2.45, 2.75) is 38.2 Å². The fourth-order valence-corrected chi connectivity index (χ4v) is 2.40. The normalized spacial score (nSPS) is 16.5. The first-order valence-electron chi connectivity index (χ1n) is 6.77. The number of nitrogen functional groups attached to an aromatic ring is 1. The van der Waals surface area contributed by atoms with E-state index in [1.165, 1.54) is 19.3 Å². The minimum Gasteiger partial charge on any atom is -0.399 e. The predicted molar refractivity (Wildman–Crippen MR) is 72.1 cm³/mol. The van der Waals surface area contributed by atoms with Gasteiger partial charge in [0.05, 0.1) is 12.7 Å². The summed E-state index contributed by atoms with van der Waals surface area (Å²) >= 11 is 0. The van der Waals surface area contributed by atoms with Crippen LogP contribution in [-0.4, -0.2) is 19.3 Å². The van der Waals surface area contributed by atoms with E-state index in [9.17, 15) is 8.78 Å². The van der Waals surface area contributed by atoms with Crippen molar-refractivity contribution in [3.05, 3.63) is 23.8 Å². The summed E-state index contributed by atoms with van der Waals surface area (Å²) in [5.41, 5.74) is 5.29. The Morgan fingerprint density at radius 2 is 1.79 bits per heavy atom. The van der Waals surface area contributed by atoms with Crippen molar-refractivity contribution < 1.29 is 13.5 Å². The molecule has 3 N–H and O–H groups in total. The monoisotopic (exact) mass is 270 g/mol. The maximum Gasteiger partial charge on any atom is 0.151 e. The van der Waals surface area contributed by atoms with Gasteiger partial charge in [-0.15, -0.1) is 0 Å². The van der Waals surface area contributed by atoms with Crippen molar-refractivity contribution in [2.24, 2.45) is 0 Å². The van der Waals surface area contributed by atoms with Gasteiger partial charge in [0, 0.05) is 12.2 Å². The third-order valence-electron chi connectivity index (χ3n) is 3.37. The van der Waals surface area contributed by atoms with Gasteiger partial charge in [-0.3, -0.25) is 0 Å². The highest BCUT2D eigenvalue weighted by Crippen LogP contribution is 2.22. The van der Waals surface area contributed by atoms with Crippen LogP contribution in [0.25, 0.3) is 0 Å². The molecule has 2 rings (SSSR count). The fourth-order valence-electron chi connectivity index (χ4n) is 2.40. The molecule has 3 nitrogen and oxygen atoms in total. The number of nitrogens with two attached hydrogens (primary N) is 1. The van der Waals surface area contributed by atoms with Crippen molar-refractivity contribution in [3.63, 3.8) is 0 Å². The van der Waals surface area contributed by atoms with Crippen molar-refractivity contribution in [2.75, 3.05) is 24.2 Å². The first kappa shape index (κ1) is 14.1. The van der Waals surface area contributed by atoms with Gasteiger partial charge in [0.1, 0.15) is 5.69 Å². The van der Waals surface area contributed by atoms with E-state index in [1.807, 2.05) is 0 Å². The molecule has 0 unspecified atom stereocenters. The molecular formula is C14H20F2N2O. The Bertz CT molecular complexity index is 397. The second-order valence-corrected chi connectivity index (χ2v) is 4.92. The molecule has 0 aromatic heterocycles. The zero-order valence-corrected chi connectivity index (χ0v) is 10.9. The lowest BCUT2D eigenvalue weighted by Gasteiger charge is -2.22. The standard InChI is InChI=1S/C14H20F2N2O/c15-12-8-10(17)9-13(16)14(12)18-6-7-19-11-4-2-1-3-5-11/h8-9,11,18H,1-7,17H2. The number of nitrogens with one attached hydrogen (secondary N) is 1. The lowest BCUT2D eigenvalue weighted by molar-refractivity contribution is 0.0347. The molecule has 106 valence electrons. The number of hydrogen-bond donors (Lipinski definition) is 2. The molecule has 1 fully saturated rings. The third kappa shape index (κ3) is 4.06. The van der Waals surface area contributed by atoms with Gasteiger partial charge in [0.15, 0.2) is 11.6 Å². The molecule has 1 saturated carbocycles. The molecule has 0 spiro atoms. The van der Waals surface area contributed by atoms with Crippen molar-refractivity contribution in [1.82, 2.24) is 0 Å². The van der Waals surface area contributed by atoms with E-state index in [1.54, 1.807) is 0 Å². The van der Waals surface area contributed by atoms with E-state index in [4.69, 9.17) is 10.5 Å². The SMILES string of the molecule is Nc1cc(F)c(NCCOC2CCCCC2)c(F)c1. The van der Waals surface area contributed by atoms with Gasteiger partial charge in [-0.2, -0.15) is 0 Å². The maximum atomic E-state index is 13.5. The topological polar surface area (TPSA) is 47.3 Å². The lowest BCUT2D eigenvalue weighted by Crippen LogP contribution is -2.21. The maximum absolute atomic E-state index is 13.5. The Morgan fingerprint density at radius 3 is 2.42 bits per heavy atom. The number of halogens is 2. The molecule has 0 amide bonds. The van der Waals surface area contributed by atoms with Gasteiger partial charge in [0.2, 0.25) is 0 Å². The van der Waals surface area contributed by atoms with E-state index >= 15 is 0 Å². The average molecular weight is 270 g/mol. The van der Waals surface area contributed by atoms with E-state index < -0.39 is 11.6 Å². The van der Waals surface area contributed by atoms with Crippen LogP contribution in [0.3, 0.4) is 0 Å². The first-order chi connectivity index (χ1) is 9.16. The molecule has 1 aliphatic rings. The Kier molecular flexibility index (Phi) is 4.96. The Labute approximate surface area is 112 Å². The summed E-state index contributed by atoms with van der Waals surface area (Å²) in [7, 11) is 0. The molecule has 5 heteroatoms. The molecule has 1 aliphatic carbocycles. The van der Waals surface area contributed by atoms with Crippen molar-refractivity contribution >= 4 is 11.4 Å². The molecule has 0 aliphatic heterocycles. The summed E-state index contributed by atoms with van der Waals surface area (Å²) in [6.07, 6.45) is 6.17. The Hall–Kier alpha value is -1.36. The highest BCUT2D eigenvalue weighted by atomic mass is 19.1. The van der Waals surface area contributed by atoms with Crippen LogP contribution < -0.4 is 11.1 Å². The zero-order chi connectivity index (χ0) is 13.7. The van der Waals surface area contributed by atoms with Crippen LogP contribution >= 0.6 is 0 Å². The van der Waals surface area contributed by atoms with Crippen molar-refractivity contribution in [3.8, 4) is 0 Å². The number of rotatable bonds is 5. The number of anilines is 2. The van der Waals surface area contributed by atoms with Gasteiger partial charge in [-0.1, -0.05) is 19.3 Å². The van der Waals surface area contributed by atoms with Crippen LogP contribution in [0.15, 0.2) is 12.1 Å². The van der Waals surface area contributed by atoms with Gasteiger partial charge >= 0.3 is 0 Å². The molecular weight excluding hydrogens is 250 g/mol. The molecule has 1 aromatic rings. The molecule has 0 atom stereocenters. The molecule has 0 heterocycles. The van der Waals surface area contributed by atoms with Gasteiger partial charge in [-0.05, 0) is 25.0 Å². The molecule has 0 radical (unpaired) electrons. The van der Waals surface area contributed by atoms with E-state index in [0.29, 0.717) is 19.3 Å². The molecule has 19 heavy (non-hydrogen) atoms. The van der Waals surface area contributed by atoms with Crippen LogP contribution in [0, 0.1) is 11.6 Å². The number of ether oxygens (including phenoxy) is 1. The van der Waals surface area contributed by atoms with Gasteiger partial charge < -0.3 is 15.8 Å². The third-order valence-corrected chi connectivity index (χ3v) is 3.37. The minimum atomic E-state index is -0.671. The molecule has 0 saturated heterocycles. The van der Waals surface area contributed by atoms with Crippen LogP contribution in [0.1, 0.15) is 32.1 Å². The number of hydrogen-bond acceptors (Lipinski definition) is 3. The predicted octanol–water partition coefficient (Wildman–Crippen LogP) is 3.31. The van der Waals surface area contributed by atoms with Gasteiger partial charge in [0.25, 0.3) is 0 Å². The molecule has 1 aromatic carbocycles. The average Bonchev–Trinajstić information content (AvgIpc) is 2.38. The van der Waals surface area contributed by atoms with E-state index in [2.05, 4.69) is 5.32 Å². The first-order valence-corrected chi connectivity index (χ1v) is 6.77. The van der Waals surface area contributed by atoms with Crippen LogP contribution in [-0.2, 0) is 4.74 Å². The van der Waals surface area contributed by atoms with Crippen LogP contribution in [0.4, 0.5) is 20.2 Å². The molecule has 0 bridgehead atoms. The summed E-state index contributed by atoms with van der Waals surface area (Å²) in [4.78, 5) is 0. The number of benzene rings is 1. The smallest absolute Gasteiger partial charge is 0.151 e. The summed E-state index contributed by atoms with van der Waals surface area (Å²) in [5.74, 6) is -1.34.